The van der Waals surface area contributed by atoms with E-state index in [4.69, 9.17) is 4.74 Å². The van der Waals surface area contributed by atoms with Crippen molar-refractivity contribution >= 4 is 17.5 Å². The Balaban J connectivity index is 1.42. The molecule has 7 nitrogen and oxygen atoms in total. The molecule has 0 saturated carbocycles. The van der Waals surface area contributed by atoms with Crippen LogP contribution in [-0.4, -0.2) is 52.7 Å². The number of hydrogen-bond donors (Lipinski definition) is 1. The second kappa shape index (κ2) is 6.82. The van der Waals surface area contributed by atoms with Gasteiger partial charge in [0.2, 0.25) is 0 Å². The lowest BCUT2D eigenvalue weighted by molar-refractivity contribution is 0.0436. The third-order valence-corrected chi connectivity index (χ3v) is 4.97. The summed E-state index contributed by atoms with van der Waals surface area (Å²) in [6.45, 7) is 6.06. The number of piperidine rings is 1. The van der Waals surface area contributed by atoms with Crippen molar-refractivity contribution in [1.82, 2.24) is 14.9 Å². The summed E-state index contributed by atoms with van der Waals surface area (Å²) in [5.41, 5.74) is 1.67. The number of nitrogens with one attached hydrogen (secondary N) is 1. The number of benzene rings is 1. The van der Waals surface area contributed by atoms with Crippen LogP contribution < -0.4 is 15.0 Å². The number of ether oxygens (including phenoxy) is 1. The third kappa shape index (κ3) is 3.05. The number of carbonyl (C=O) groups excluding carboxylic acids is 1. The summed E-state index contributed by atoms with van der Waals surface area (Å²) in [5.74, 6) is 1.64. The number of para-hydroxylation sites is 2. The van der Waals surface area contributed by atoms with Crippen LogP contribution in [0.25, 0.3) is 0 Å². The lowest BCUT2D eigenvalue weighted by Gasteiger charge is -2.56. The van der Waals surface area contributed by atoms with Crippen LogP contribution in [0, 0.1) is 6.92 Å². The van der Waals surface area contributed by atoms with Crippen LogP contribution in [0.5, 0.6) is 5.75 Å². The van der Waals surface area contributed by atoms with Gasteiger partial charge in [-0.05, 0) is 32.4 Å². The van der Waals surface area contributed by atoms with Crippen LogP contribution in [0.15, 0.2) is 36.7 Å². The number of hydrogen-bond acceptors (Lipinski definition) is 5. The molecule has 136 valence electrons. The molecule has 7 heteroatoms. The molecule has 1 aromatic heterocycles. The van der Waals surface area contributed by atoms with Crippen molar-refractivity contribution in [3.63, 3.8) is 0 Å². The van der Waals surface area contributed by atoms with Gasteiger partial charge in [-0.2, -0.15) is 0 Å². The molecule has 5 rings (SSSR count). The minimum absolute atomic E-state index is 0.0584. The molecule has 2 unspecified atom stereocenters. The van der Waals surface area contributed by atoms with Gasteiger partial charge in [-0.15, -0.1) is 0 Å². The number of urea groups is 1. The van der Waals surface area contributed by atoms with E-state index >= 15 is 0 Å². The van der Waals surface area contributed by atoms with Crippen LogP contribution in [0.3, 0.4) is 0 Å². The van der Waals surface area contributed by atoms with Crippen LogP contribution in [-0.2, 0) is 0 Å². The summed E-state index contributed by atoms with van der Waals surface area (Å²) in [5, 5.41) is 3.01. The monoisotopic (exact) mass is 353 g/mol. The van der Waals surface area contributed by atoms with Gasteiger partial charge in [-0.1, -0.05) is 12.1 Å². The zero-order valence-electron chi connectivity index (χ0n) is 15.1. The minimum Gasteiger partial charge on any atom is -0.492 e. The molecular weight excluding hydrogens is 330 g/mol. The van der Waals surface area contributed by atoms with Crippen molar-refractivity contribution in [2.24, 2.45) is 0 Å². The molecule has 2 bridgehead atoms. The van der Waals surface area contributed by atoms with Gasteiger partial charge in [0, 0.05) is 24.8 Å². The number of nitrogens with zero attached hydrogens (tertiary/aromatic N) is 4. The van der Waals surface area contributed by atoms with Gasteiger partial charge in [0.1, 0.15) is 17.9 Å². The first kappa shape index (κ1) is 16.6. The first-order valence-electron chi connectivity index (χ1n) is 9.00. The number of anilines is 2. The van der Waals surface area contributed by atoms with Crippen LogP contribution >= 0.6 is 0 Å². The summed E-state index contributed by atoms with van der Waals surface area (Å²) in [7, 11) is 0. The van der Waals surface area contributed by atoms with E-state index in [1.54, 1.807) is 6.33 Å². The van der Waals surface area contributed by atoms with Gasteiger partial charge in [0.25, 0.3) is 0 Å². The molecule has 3 saturated heterocycles. The normalized spacial score (nSPS) is 21.2. The second-order valence-corrected chi connectivity index (χ2v) is 6.73. The van der Waals surface area contributed by atoms with Crippen molar-refractivity contribution in [1.29, 1.82) is 0 Å². The quantitative estimate of drug-likeness (QED) is 0.915. The van der Waals surface area contributed by atoms with Gasteiger partial charge < -0.3 is 19.9 Å². The van der Waals surface area contributed by atoms with Crippen molar-refractivity contribution in [3.8, 4) is 5.75 Å². The Labute approximate surface area is 153 Å². The molecule has 2 amide bonds. The SMILES string of the molecule is CCOc1ccccc1NC(=O)N1C2CC1CN(c1cc(C)ncn1)C2. The summed E-state index contributed by atoms with van der Waals surface area (Å²) in [4.78, 5) is 25.5. The van der Waals surface area contributed by atoms with E-state index in [1.807, 2.05) is 49.1 Å². The molecule has 0 radical (unpaired) electrons. The van der Waals surface area contributed by atoms with E-state index in [1.165, 1.54) is 0 Å². The molecule has 0 spiro atoms. The Hall–Kier alpha value is -2.83. The number of piperazine rings is 1. The standard InChI is InChI=1S/C19H23N5O2/c1-3-26-17-7-5-4-6-16(17)22-19(25)24-14-9-15(24)11-23(10-14)18-8-13(2)20-12-21-18/h4-8,12,14-15H,3,9-11H2,1-2H3,(H,22,25). The lowest BCUT2D eigenvalue weighted by atomic mass is 9.88. The fourth-order valence-electron chi connectivity index (χ4n) is 3.77. The Morgan fingerprint density at radius 3 is 2.77 bits per heavy atom. The average Bonchev–Trinajstić information content (AvgIpc) is 2.63. The van der Waals surface area contributed by atoms with Crippen molar-refractivity contribution < 1.29 is 9.53 Å². The first-order valence-corrected chi connectivity index (χ1v) is 9.00. The highest BCUT2D eigenvalue weighted by Crippen LogP contribution is 2.35. The molecule has 0 aliphatic carbocycles. The number of fused-ring (bicyclic) bond motifs is 2. The first-order chi connectivity index (χ1) is 12.7. The topological polar surface area (TPSA) is 70.6 Å². The predicted octanol–water partition coefficient (Wildman–Crippen LogP) is 2.68. The molecule has 1 N–H and O–H groups in total. The predicted molar refractivity (Wildman–Crippen MR) is 99.6 cm³/mol. The van der Waals surface area contributed by atoms with Crippen LogP contribution in [0.2, 0.25) is 0 Å². The Bertz CT molecular complexity index is 800. The van der Waals surface area contributed by atoms with E-state index in [0.29, 0.717) is 18.0 Å². The van der Waals surface area contributed by atoms with E-state index in [9.17, 15) is 4.79 Å². The maximum atomic E-state index is 12.8. The van der Waals surface area contributed by atoms with E-state index in [2.05, 4.69) is 20.2 Å². The van der Waals surface area contributed by atoms with Gasteiger partial charge in [0.15, 0.2) is 0 Å². The highest BCUT2D eigenvalue weighted by atomic mass is 16.5. The van der Waals surface area contributed by atoms with Gasteiger partial charge in [-0.3, -0.25) is 0 Å². The number of rotatable bonds is 4. The van der Waals surface area contributed by atoms with Crippen molar-refractivity contribution in [2.45, 2.75) is 32.4 Å². The number of aryl methyl sites for hydroxylation is 1. The molecule has 4 heterocycles. The maximum Gasteiger partial charge on any atom is 0.322 e. The summed E-state index contributed by atoms with van der Waals surface area (Å²) < 4.78 is 5.59. The largest absolute Gasteiger partial charge is 0.492 e. The van der Waals surface area contributed by atoms with Gasteiger partial charge in [-0.25, -0.2) is 14.8 Å². The Morgan fingerprint density at radius 2 is 2.04 bits per heavy atom. The highest BCUT2D eigenvalue weighted by Gasteiger charge is 2.47. The average molecular weight is 353 g/mol. The fraction of sp³-hybridized carbons (Fsp3) is 0.421. The molecule has 2 aromatic rings. The zero-order valence-corrected chi connectivity index (χ0v) is 15.1. The van der Waals surface area contributed by atoms with Gasteiger partial charge >= 0.3 is 6.03 Å². The second-order valence-electron chi connectivity index (χ2n) is 6.73. The van der Waals surface area contributed by atoms with Crippen molar-refractivity contribution in [2.75, 3.05) is 29.9 Å². The van der Waals surface area contributed by atoms with Crippen molar-refractivity contribution in [3.05, 3.63) is 42.4 Å². The molecule has 2 atom stereocenters. The Kier molecular flexibility index (Phi) is 4.36. The van der Waals surface area contributed by atoms with Gasteiger partial charge in [0.05, 0.1) is 24.4 Å². The maximum absolute atomic E-state index is 12.8. The molecule has 3 fully saturated rings. The zero-order chi connectivity index (χ0) is 18.1. The molecule has 26 heavy (non-hydrogen) atoms. The highest BCUT2D eigenvalue weighted by molar-refractivity contribution is 5.92. The third-order valence-electron chi connectivity index (χ3n) is 4.97. The summed E-state index contributed by atoms with van der Waals surface area (Å²) >= 11 is 0. The molecule has 3 aliphatic rings. The number of carbonyl (C=O) groups is 1. The smallest absolute Gasteiger partial charge is 0.322 e. The fourth-order valence-corrected chi connectivity index (χ4v) is 3.77. The van der Waals surface area contributed by atoms with E-state index < -0.39 is 0 Å². The molecule has 1 aromatic carbocycles. The van der Waals surface area contributed by atoms with E-state index in [0.717, 1.165) is 31.0 Å². The number of amides is 2. The molecule has 3 aliphatic heterocycles. The van der Waals surface area contributed by atoms with Crippen LogP contribution in [0.1, 0.15) is 19.0 Å². The van der Waals surface area contributed by atoms with Crippen LogP contribution in [0.4, 0.5) is 16.3 Å². The van der Waals surface area contributed by atoms with E-state index in [-0.39, 0.29) is 18.1 Å². The molecular formula is C19H23N5O2. The summed E-state index contributed by atoms with van der Waals surface area (Å²) in [6, 6.07) is 9.90. The minimum atomic E-state index is -0.0584. The summed E-state index contributed by atoms with van der Waals surface area (Å²) in [6.07, 6.45) is 2.64. The lowest BCUT2D eigenvalue weighted by Crippen LogP contribution is -2.71. The number of aromatic nitrogens is 2. The Morgan fingerprint density at radius 1 is 1.27 bits per heavy atom.